The largest absolute Gasteiger partial charge is 0.466 e. The normalized spacial score (nSPS) is 17.3. The van der Waals surface area contributed by atoms with Crippen LogP contribution in [0.15, 0.2) is 30.3 Å². The van der Waals surface area contributed by atoms with E-state index in [0.29, 0.717) is 13.1 Å². The smallest absolute Gasteiger partial charge is 0.315 e. The zero-order valence-electron chi connectivity index (χ0n) is 18.0. The lowest BCUT2D eigenvalue weighted by Crippen LogP contribution is -2.46. The lowest BCUT2D eigenvalue weighted by atomic mass is 10.00. The third-order valence-electron chi connectivity index (χ3n) is 4.98. The Kier molecular flexibility index (Phi) is 10.3. The summed E-state index contributed by atoms with van der Waals surface area (Å²) in [7, 11) is 0. The van der Waals surface area contributed by atoms with Crippen molar-refractivity contribution in [3.63, 3.8) is 0 Å². The fraction of sp³-hybridized carbons (Fsp3) is 0.545. The van der Waals surface area contributed by atoms with Crippen molar-refractivity contribution in [3.05, 3.63) is 35.9 Å². The monoisotopic (exact) mass is 432 g/mol. The highest BCUT2D eigenvalue weighted by atomic mass is 16.5. The van der Waals surface area contributed by atoms with Crippen LogP contribution in [0.2, 0.25) is 0 Å². The number of nitrogens with zero attached hydrogens (tertiary/aromatic N) is 1. The van der Waals surface area contributed by atoms with Gasteiger partial charge in [-0.25, -0.2) is 4.79 Å². The first-order valence-electron chi connectivity index (χ1n) is 10.8. The molecule has 0 radical (unpaired) electrons. The lowest BCUT2D eigenvalue weighted by Gasteiger charge is -2.33. The Hall–Kier alpha value is -3.10. The molecule has 31 heavy (non-hydrogen) atoms. The Balaban J connectivity index is 1.98. The van der Waals surface area contributed by atoms with Crippen molar-refractivity contribution >= 4 is 23.8 Å². The number of carbonyl (C=O) groups excluding carboxylic acids is 4. The van der Waals surface area contributed by atoms with Crippen LogP contribution in [0, 0.1) is 0 Å². The second-order valence-electron chi connectivity index (χ2n) is 7.29. The topological polar surface area (TPSA) is 117 Å². The van der Waals surface area contributed by atoms with Gasteiger partial charge in [0.25, 0.3) is 0 Å². The highest BCUT2D eigenvalue weighted by Crippen LogP contribution is 2.25. The minimum Gasteiger partial charge on any atom is -0.466 e. The molecule has 3 N–H and O–H groups in total. The first kappa shape index (κ1) is 24.2. The number of amides is 4. The highest BCUT2D eigenvalue weighted by molar-refractivity contribution is 5.85. The van der Waals surface area contributed by atoms with Crippen LogP contribution in [0.25, 0.3) is 0 Å². The lowest BCUT2D eigenvalue weighted by molar-refractivity contribution is -0.143. The third kappa shape index (κ3) is 8.65. The number of esters is 1. The molecule has 2 rings (SSSR count). The van der Waals surface area contributed by atoms with Gasteiger partial charge in [-0.1, -0.05) is 30.3 Å². The van der Waals surface area contributed by atoms with Crippen molar-refractivity contribution in [1.82, 2.24) is 20.9 Å². The molecule has 0 aliphatic carbocycles. The van der Waals surface area contributed by atoms with Gasteiger partial charge in [0, 0.05) is 19.6 Å². The van der Waals surface area contributed by atoms with E-state index in [0.717, 1.165) is 24.8 Å². The Labute approximate surface area is 182 Å². The van der Waals surface area contributed by atoms with E-state index in [2.05, 4.69) is 16.0 Å². The summed E-state index contributed by atoms with van der Waals surface area (Å²) < 4.78 is 4.80. The molecule has 0 saturated carbocycles. The van der Waals surface area contributed by atoms with Crippen molar-refractivity contribution in [3.8, 4) is 0 Å². The summed E-state index contributed by atoms with van der Waals surface area (Å²) in [6, 6.07) is 8.51. The summed E-state index contributed by atoms with van der Waals surface area (Å²) in [4.78, 5) is 50.4. The number of hydrogen-bond donors (Lipinski definition) is 3. The van der Waals surface area contributed by atoms with Crippen LogP contribution >= 0.6 is 0 Å². The van der Waals surface area contributed by atoms with Gasteiger partial charge in [-0.3, -0.25) is 14.4 Å². The SMILES string of the molecule is CCOC(=O)CCNC(=O)NCC(=O)N1CCCCCNC(=O)CC1c1ccccc1. The highest BCUT2D eigenvalue weighted by Gasteiger charge is 2.27. The van der Waals surface area contributed by atoms with Gasteiger partial charge in [-0.2, -0.15) is 0 Å². The second-order valence-corrected chi connectivity index (χ2v) is 7.29. The summed E-state index contributed by atoms with van der Waals surface area (Å²) in [6.45, 7) is 3.08. The minimum atomic E-state index is -0.535. The van der Waals surface area contributed by atoms with Gasteiger partial charge < -0.3 is 25.6 Å². The van der Waals surface area contributed by atoms with E-state index in [1.54, 1.807) is 11.8 Å². The number of rotatable bonds is 7. The molecule has 1 aliphatic heterocycles. The van der Waals surface area contributed by atoms with E-state index in [1.165, 1.54) is 0 Å². The molecular weight excluding hydrogens is 400 g/mol. The molecule has 1 aromatic carbocycles. The molecule has 1 fully saturated rings. The van der Waals surface area contributed by atoms with Gasteiger partial charge >= 0.3 is 12.0 Å². The van der Waals surface area contributed by atoms with E-state index >= 15 is 0 Å². The van der Waals surface area contributed by atoms with Gasteiger partial charge in [0.05, 0.1) is 32.0 Å². The molecule has 1 saturated heterocycles. The summed E-state index contributed by atoms with van der Waals surface area (Å²) in [6.07, 6.45) is 2.81. The molecule has 1 heterocycles. The fourth-order valence-corrected chi connectivity index (χ4v) is 3.43. The number of nitrogens with one attached hydrogen (secondary N) is 3. The van der Waals surface area contributed by atoms with Crippen molar-refractivity contribution in [2.24, 2.45) is 0 Å². The molecule has 0 bridgehead atoms. The number of benzene rings is 1. The van der Waals surface area contributed by atoms with Gasteiger partial charge in [0.15, 0.2) is 0 Å². The molecule has 170 valence electrons. The second kappa shape index (κ2) is 13.3. The Bertz CT molecular complexity index is 741. The standard InChI is InChI=1S/C22H32N4O5/c1-2-31-21(29)11-13-24-22(30)25-16-20(28)26-14-8-4-7-12-23-19(27)15-18(26)17-9-5-3-6-10-17/h3,5-6,9-10,18H,2,4,7-8,11-16H2,1H3,(H,23,27)(H2,24,25,30). The summed E-state index contributed by atoms with van der Waals surface area (Å²) >= 11 is 0. The average molecular weight is 433 g/mol. The molecule has 9 nitrogen and oxygen atoms in total. The van der Waals surface area contributed by atoms with E-state index in [4.69, 9.17) is 4.74 Å². The van der Waals surface area contributed by atoms with Crippen LogP contribution in [0.4, 0.5) is 4.79 Å². The zero-order valence-corrected chi connectivity index (χ0v) is 18.0. The maximum atomic E-state index is 13.0. The summed E-state index contributed by atoms with van der Waals surface area (Å²) in [5.41, 5.74) is 0.880. The number of hydrogen-bond acceptors (Lipinski definition) is 5. The number of ether oxygens (including phenoxy) is 1. The zero-order chi connectivity index (χ0) is 22.5. The fourth-order valence-electron chi connectivity index (χ4n) is 3.43. The third-order valence-corrected chi connectivity index (χ3v) is 4.98. The Morgan fingerprint density at radius 3 is 2.65 bits per heavy atom. The molecule has 1 aliphatic rings. The number of carbonyl (C=O) groups is 4. The van der Waals surface area contributed by atoms with E-state index < -0.39 is 18.0 Å². The van der Waals surface area contributed by atoms with Crippen LogP contribution in [-0.4, -0.2) is 61.5 Å². The van der Waals surface area contributed by atoms with Crippen molar-refractivity contribution in [2.75, 3.05) is 32.8 Å². The molecule has 0 aromatic heterocycles. The Morgan fingerprint density at radius 1 is 1.13 bits per heavy atom. The van der Waals surface area contributed by atoms with Crippen LogP contribution in [0.3, 0.4) is 0 Å². The Morgan fingerprint density at radius 2 is 1.90 bits per heavy atom. The minimum absolute atomic E-state index is 0.0620. The maximum absolute atomic E-state index is 13.0. The maximum Gasteiger partial charge on any atom is 0.315 e. The molecule has 4 amide bonds. The van der Waals surface area contributed by atoms with E-state index in [1.807, 2.05) is 30.3 Å². The molecule has 1 atom stereocenters. The average Bonchev–Trinajstić information content (AvgIpc) is 2.76. The van der Waals surface area contributed by atoms with Gasteiger partial charge in [0.1, 0.15) is 0 Å². The molecule has 1 unspecified atom stereocenters. The molecular formula is C22H32N4O5. The first-order valence-corrected chi connectivity index (χ1v) is 10.8. The first-order chi connectivity index (χ1) is 15.0. The van der Waals surface area contributed by atoms with Gasteiger partial charge in [0.2, 0.25) is 11.8 Å². The van der Waals surface area contributed by atoms with Crippen molar-refractivity contribution in [2.45, 2.75) is 45.1 Å². The molecule has 0 spiro atoms. The van der Waals surface area contributed by atoms with E-state index in [-0.39, 0.29) is 44.4 Å². The molecule has 9 heteroatoms. The summed E-state index contributed by atoms with van der Waals surface area (Å²) in [5.74, 6) is -0.753. The van der Waals surface area contributed by atoms with Crippen molar-refractivity contribution < 1.29 is 23.9 Å². The van der Waals surface area contributed by atoms with Crippen LogP contribution in [-0.2, 0) is 19.1 Å². The van der Waals surface area contributed by atoms with Crippen LogP contribution in [0.1, 0.15) is 50.6 Å². The van der Waals surface area contributed by atoms with E-state index in [9.17, 15) is 19.2 Å². The number of urea groups is 1. The predicted molar refractivity (Wildman–Crippen MR) is 115 cm³/mol. The van der Waals surface area contributed by atoms with Crippen LogP contribution in [0.5, 0.6) is 0 Å². The van der Waals surface area contributed by atoms with Crippen LogP contribution < -0.4 is 16.0 Å². The summed E-state index contributed by atoms with van der Waals surface area (Å²) in [5, 5.41) is 7.98. The molecule has 1 aromatic rings. The predicted octanol–water partition coefficient (Wildman–Crippen LogP) is 1.50. The van der Waals surface area contributed by atoms with Gasteiger partial charge in [-0.15, -0.1) is 0 Å². The van der Waals surface area contributed by atoms with Gasteiger partial charge in [-0.05, 0) is 31.7 Å². The van der Waals surface area contributed by atoms with Crippen molar-refractivity contribution in [1.29, 1.82) is 0 Å². The quantitative estimate of drug-likeness (QED) is 0.565.